The Kier molecular flexibility index (Phi) is 22.3. The number of anilines is 6. The van der Waals surface area contributed by atoms with Crippen molar-refractivity contribution in [1.82, 2.24) is 68.5 Å². The molecule has 12 aromatic rings. The molecule has 2 saturated heterocycles. The van der Waals surface area contributed by atoms with Gasteiger partial charge in [0.05, 0.1) is 32.1 Å². The lowest BCUT2D eigenvalue weighted by Gasteiger charge is -2.23. The zero-order valence-electron chi connectivity index (χ0n) is 63.8. The quantitative estimate of drug-likeness (QED) is 0.0389. The summed E-state index contributed by atoms with van der Waals surface area (Å²) in [4.78, 5) is 73.0. The van der Waals surface area contributed by atoms with Gasteiger partial charge in [-0.15, -0.1) is 0 Å². The Labute approximate surface area is 655 Å². The number of aromatic nitrogens is 11. The normalized spacial score (nSPS) is 16.2. The van der Waals surface area contributed by atoms with Gasteiger partial charge in [0.1, 0.15) is 16.9 Å². The first-order chi connectivity index (χ1) is 54.5. The molecule has 5 aromatic carbocycles. The van der Waals surface area contributed by atoms with E-state index in [4.69, 9.17) is 9.97 Å². The summed E-state index contributed by atoms with van der Waals surface area (Å²) in [6.45, 7) is 15.9. The number of imidazole rings is 1. The van der Waals surface area contributed by atoms with Gasteiger partial charge in [-0.1, -0.05) is 72.8 Å². The molecule has 0 amide bonds. The van der Waals surface area contributed by atoms with Gasteiger partial charge in [0.15, 0.2) is 25.5 Å². The van der Waals surface area contributed by atoms with Crippen molar-refractivity contribution in [3.63, 3.8) is 0 Å². The molecule has 17 rings (SSSR count). The van der Waals surface area contributed by atoms with Crippen molar-refractivity contribution in [3.05, 3.63) is 224 Å². The fourth-order valence-corrected chi connectivity index (χ4v) is 18.5. The van der Waals surface area contributed by atoms with Crippen molar-refractivity contribution in [2.45, 2.75) is 137 Å². The average molecular weight is 1580 g/mol. The van der Waals surface area contributed by atoms with Gasteiger partial charge in [0.2, 0.25) is 27.9 Å². The summed E-state index contributed by atoms with van der Waals surface area (Å²) in [5.74, 6) is 2.79. The van der Waals surface area contributed by atoms with Crippen LogP contribution in [0.25, 0.3) is 72.3 Å². The third-order valence-electron chi connectivity index (χ3n) is 21.4. The molecule has 2 saturated carbocycles. The maximum Gasteiger partial charge on any atom is 0.263 e. The van der Waals surface area contributed by atoms with Crippen LogP contribution in [0.3, 0.4) is 0 Å². The standard InChI is InChI=1S/C31H35N5O3S.C30H31N5O3S.C23H25N7O3S/c1-20(2)40(38,39)28-6-4-3-5-26(28)27-17-24-18-33-31(35-29(24)36(30(27)37)19-21-7-8-21)34-25-11-9-22(10-12-25)23-13-15-32-16-14-23;1-19(2)35-28-23(17-27(29(35)36)22-4-3-5-26(16-22)39(37,38)25-10-11-25)18-32-30(34-28)33-24-8-6-20(7-9-24)21-12-14-31-15-13-21;1-3-29-20-17(12-19(22(29)31)21-25-10-11-30(21)34(2,32)33)14-26-23(28-20)27-18-6-4-15(5-7-18)16-8-9-24-13-16/h3-6,9-12,17-18,20-21,23,32H,7-8,13-16,19H2,1-2H3,(H,33,34,35);3-9,12,16-19,25,31H,10-11,13-15H2,1-2H3,(H,32,33,34);4-7,10-12,14,16,24H,3,8-9,13H2,1-2H3,(H,26,27,28). The van der Waals surface area contributed by atoms with Crippen LogP contribution in [0.2, 0.25) is 0 Å². The summed E-state index contributed by atoms with van der Waals surface area (Å²) < 4.78 is 82.0. The number of nitrogens with zero attached hydrogens (tertiary/aromatic N) is 11. The highest BCUT2D eigenvalue weighted by Gasteiger charge is 2.37. The van der Waals surface area contributed by atoms with E-state index in [-0.39, 0.29) is 49.1 Å². The molecule has 7 aromatic heterocycles. The third kappa shape index (κ3) is 16.9. The summed E-state index contributed by atoms with van der Waals surface area (Å²) in [6.07, 6.45) is 18.9. The molecule has 4 fully saturated rings. The predicted octanol–water partition coefficient (Wildman–Crippen LogP) is 12.7. The summed E-state index contributed by atoms with van der Waals surface area (Å²) >= 11 is 0. The predicted molar refractivity (Wildman–Crippen MR) is 445 cm³/mol. The van der Waals surface area contributed by atoms with Crippen LogP contribution >= 0.6 is 0 Å². The number of hydrogen-bond acceptors (Lipinski definition) is 22. The number of piperidine rings is 1. The van der Waals surface area contributed by atoms with Gasteiger partial charge in [-0.3, -0.25) is 28.1 Å². The summed E-state index contributed by atoms with van der Waals surface area (Å²) in [6, 6.07) is 43.2. The van der Waals surface area contributed by atoms with Crippen LogP contribution in [0, 0.1) is 5.92 Å². The minimum absolute atomic E-state index is 0.0661. The molecule has 113 heavy (non-hydrogen) atoms. The fourth-order valence-electron chi connectivity index (χ4n) is 14.8. The van der Waals surface area contributed by atoms with Crippen molar-refractivity contribution < 1.29 is 25.3 Å². The second kappa shape index (κ2) is 32.6. The lowest BCUT2D eigenvalue weighted by molar-refractivity contribution is 0.460. The van der Waals surface area contributed by atoms with Gasteiger partial charge >= 0.3 is 0 Å². The van der Waals surface area contributed by atoms with E-state index in [1.54, 1.807) is 108 Å². The van der Waals surface area contributed by atoms with Crippen LogP contribution in [0.4, 0.5) is 34.9 Å². The van der Waals surface area contributed by atoms with Gasteiger partial charge in [-0.05, 0) is 231 Å². The van der Waals surface area contributed by atoms with Crippen LogP contribution in [-0.4, -0.2) is 134 Å². The molecule has 1 atom stereocenters. The molecule has 3 aliphatic heterocycles. The van der Waals surface area contributed by atoms with Gasteiger partial charge in [0, 0.05) is 113 Å². The lowest BCUT2D eigenvalue weighted by atomic mass is 9.90. The lowest BCUT2D eigenvalue weighted by Crippen LogP contribution is -2.26. The van der Waals surface area contributed by atoms with Crippen LogP contribution in [0.15, 0.2) is 201 Å². The summed E-state index contributed by atoms with van der Waals surface area (Å²) in [5.41, 5.74) is 10.4. The molecule has 1 unspecified atom stereocenters. The fraction of sp³-hybridized carbons (Fsp3) is 0.333. The molecular weight excluding hydrogens is 1490 g/mol. The van der Waals surface area contributed by atoms with Crippen molar-refractivity contribution >= 4 is 103 Å². The zero-order valence-corrected chi connectivity index (χ0v) is 66.3. The van der Waals surface area contributed by atoms with Gasteiger partial charge in [0.25, 0.3) is 16.7 Å². The molecule has 10 heterocycles. The Bertz CT molecular complexity index is 6170. The molecule has 26 nitrogen and oxygen atoms in total. The van der Waals surface area contributed by atoms with Crippen LogP contribution < -0.4 is 48.6 Å². The number of sulfone groups is 2. The van der Waals surface area contributed by atoms with E-state index in [2.05, 4.69) is 111 Å². The number of pyridine rings is 3. The molecule has 5 aliphatic rings. The molecule has 0 spiro atoms. The summed E-state index contributed by atoms with van der Waals surface area (Å²) in [7, 11) is -10.6. The van der Waals surface area contributed by atoms with Gasteiger partial charge < -0.3 is 31.9 Å². The second-order valence-corrected chi connectivity index (χ2v) is 36.6. The highest BCUT2D eigenvalue weighted by Crippen LogP contribution is 2.38. The van der Waals surface area contributed by atoms with Crippen LogP contribution in [0.5, 0.6) is 0 Å². The number of nitrogens with one attached hydrogen (secondary N) is 6. The average Bonchev–Trinajstić information content (AvgIpc) is 0.945. The first kappa shape index (κ1) is 77.4. The Morgan fingerprint density at radius 2 is 1.08 bits per heavy atom. The minimum atomic E-state index is -3.62. The Balaban J connectivity index is 0.000000134. The maximum atomic E-state index is 13.9. The van der Waals surface area contributed by atoms with Crippen molar-refractivity contribution in [1.29, 1.82) is 0 Å². The van der Waals surface area contributed by atoms with E-state index in [1.807, 2.05) is 45.0 Å². The van der Waals surface area contributed by atoms with Gasteiger partial charge in [-0.25, -0.2) is 49.2 Å². The molecule has 6 N–H and O–H groups in total. The molecule has 2 aliphatic carbocycles. The number of fused-ring (bicyclic) bond motifs is 3. The van der Waals surface area contributed by atoms with Crippen LogP contribution in [0.1, 0.15) is 121 Å². The van der Waals surface area contributed by atoms with Crippen molar-refractivity contribution in [2.24, 2.45) is 5.92 Å². The smallest absolute Gasteiger partial charge is 0.263 e. The summed E-state index contributed by atoms with van der Waals surface area (Å²) in [5, 5.41) is 21.0. The first-order valence-electron chi connectivity index (χ1n) is 38.5. The Hall–Kier alpha value is -11.0. The number of aryl methyl sites for hydroxylation is 1. The molecule has 584 valence electrons. The van der Waals surface area contributed by atoms with E-state index in [0.29, 0.717) is 117 Å². The van der Waals surface area contributed by atoms with E-state index in [9.17, 15) is 39.6 Å². The molecule has 0 radical (unpaired) electrons. The molecular formula is C84H91N17O9S3. The number of rotatable bonds is 21. The van der Waals surface area contributed by atoms with Crippen molar-refractivity contribution in [2.75, 3.05) is 61.5 Å². The highest BCUT2D eigenvalue weighted by atomic mass is 32.2. The second-order valence-electron chi connectivity index (χ2n) is 30.0. The minimum Gasteiger partial charge on any atom is -0.324 e. The zero-order chi connectivity index (χ0) is 78.9. The molecule has 0 bridgehead atoms. The Morgan fingerprint density at radius 1 is 0.522 bits per heavy atom. The largest absolute Gasteiger partial charge is 0.324 e. The van der Waals surface area contributed by atoms with E-state index in [1.165, 1.54) is 39.2 Å². The molecule has 29 heteroatoms. The van der Waals surface area contributed by atoms with Crippen molar-refractivity contribution in [3.8, 4) is 33.6 Å². The number of benzene rings is 5. The third-order valence-corrected chi connectivity index (χ3v) is 26.9. The monoisotopic (exact) mass is 1580 g/mol. The maximum absolute atomic E-state index is 13.9. The Morgan fingerprint density at radius 3 is 1.65 bits per heavy atom. The topological polar surface area (TPSA) is 336 Å². The van der Waals surface area contributed by atoms with E-state index >= 15 is 0 Å². The number of hydrogen-bond donors (Lipinski definition) is 6. The van der Waals surface area contributed by atoms with E-state index < -0.39 is 34.9 Å². The SMILES string of the molecule is CC(C)S(=O)(=O)c1ccccc1-c1cc2cnc(Nc3ccc(C4CCNCC4)cc3)nc2n(CC2CC2)c1=O.CC(C)n1c(=O)c(-c2cccc(S(=O)(=O)C3CC3)c2)cc2cnc(Nc3ccc(C4=CCNCC4)cc3)nc21.CCn1c(=O)c(-c2nccn2S(C)(=O)=O)cc2cnc(Nc3ccc(C4CCNC4)cc3)nc21. The first-order valence-corrected chi connectivity index (χ1v) is 43.5. The van der Waals surface area contributed by atoms with E-state index in [0.717, 1.165) is 105 Å². The van der Waals surface area contributed by atoms with Gasteiger partial charge in [-0.2, -0.15) is 15.0 Å². The van der Waals surface area contributed by atoms with Crippen LogP contribution in [-0.2, 0) is 42.8 Å². The highest BCUT2D eigenvalue weighted by molar-refractivity contribution is 7.92.